The predicted molar refractivity (Wildman–Crippen MR) is 273 cm³/mol. The van der Waals surface area contributed by atoms with E-state index in [1.54, 1.807) is 31.5 Å². The second-order valence-electron chi connectivity index (χ2n) is 18.7. The summed E-state index contributed by atoms with van der Waals surface area (Å²) in [7, 11) is -1.04. The molecule has 3 saturated heterocycles. The van der Waals surface area contributed by atoms with Crippen molar-refractivity contribution in [3.8, 4) is 5.75 Å². The van der Waals surface area contributed by atoms with Crippen molar-refractivity contribution in [2.75, 3.05) is 86.7 Å². The number of nitrogens with zero attached hydrogens (tertiary/aromatic N) is 6. The number of hydrogen-bond acceptors (Lipinski definition) is 14. The van der Waals surface area contributed by atoms with Crippen LogP contribution in [0.3, 0.4) is 0 Å². The van der Waals surface area contributed by atoms with Crippen LogP contribution in [0, 0.1) is 12.8 Å². The molecule has 18 heteroatoms. The largest absolute Gasteiger partial charge is 0.494 e. The molecule has 6 heterocycles. The van der Waals surface area contributed by atoms with E-state index in [0.29, 0.717) is 58.2 Å². The lowest BCUT2D eigenvalue weighted by atomic mass is 9.94. The summed E-state index contributed by atoms with van der Waals surface area (Å²) < 4.78 is 20.3. The fraction of sp³-hybridized carbons (Fsp3) is 0.440. The van der Waals surface area contributed by atoms with E-state index in [-0.39, 0.29) is 24.1 Å². The minimum absolute atomic E-state index is 0.130. The Kier molecular flexibility index (Phi) is 14.1. The molecule has 358 valence electrons. The summed E-state index contributed by atoms with van der Waals surface area (Å²) in [4.78, 5) is 58.0. The SMILES string of the molecule is CCc1cc(Nc2ncc(Br)c(Nc3ccc4nc(C)ccc4c3P(C)(C)=O)n2)c(OC)cc1N1CCC(NCCNCCC2CN(c3cccc4c3CN(C3CCC(=O)NC3=O)C4=O)C2)CC1. The van der Waals surface area contributed by atoms with Crippen molar-refractivity contribution >= 4 is 91.5 Å². The van der Waals surface area contributed by atoms with Gasteiger partial charge in [0, 0.05) is 109 Å². The molecule has 1 unspecified atom stereocenters. The van der Waals surface area contributed by atoms with Gasteiger partial charge in [-0.1, -0.05) is 19.1 Å². The molecule has 0 spiro atoms. The van der Waals surface area contributed by atoms with Gasteiger partial charge in [0.15, 0.2) is 0 Å². The molecule has 0 bridgehead atoms. The number of nitrogens with one attached hydrogen (secondary N) is 5. The number of halogens is 1. The fourth-order valence-electron chi connectivity index (χ4n) is 10.1. The summed E-state index contributed by atoms with van der Waals surface area (Å²) in [6, 6.07) is 17.8. The van der Waals surface area contributed by atoms with E-state index in [9.17, 15) is 18.9 Å². The number of amides is 3. The summed E-state index contributed by atoms with van der Waals surface area (Å²) in [6.45, 7) is 14.6. The zero-order valence-corrected chi connectivity index (χ0v) is 41.9. The first-order chi connectivity index (χ1) is 32.8. The average molecular weight is 1010 g/mol. The maximum absolute atomic E-state index is 13.6. The smallest absolute Gasteiger partial charge is 0.255 e. The van der Waals surface area contributed by atoms with E-state index in [4.69, 9.17) is 9.72 Å². The molecule has 3 amide bonds. The van der Waals surface area contributed by atoms with E-state index in [2.05, 4.69) is 87.4 Å². The Morgan fingerprint density at radius 2 is 1.72 bits per heavy atom. The van der Waals surface area contributed by atoms with Crippen LogP contribution in [-0.4, -0.2) is 116 Å². The zero-order chi connectivity index (χ0) is 47.7. The number of methoxy groups -OCH3 is 1. The van der Waals surface area contributed by atoms with Crippen LogP contribution in [0.1, 0.15) is 66.2 Å². The zero-order valence-electron chi connectivity index (χ0n) is 39.5. The van der Waals surface area contributed by atoms with Gasteiger partial charge in [-0.3, -0.25) is 24.7 Å². The van der Waals surface area contributed by atoms with Gasteiger partial charge in [0.05, 0.1) is 28.5 Å². The van der Waals surface area contributed by atoms with Crippen molar-refractivity contribution in [3.63, 3.8) is 0 Å². The number of carbonyl (C=O) groups is 3. The molecule has 4 aliphatic heterocycles. The number of anilines is 6. The molecule has 68 heavy (non-hydrogen) atoms. The van der Waals surface area contributed by atoms with Crippen LogP contribution in [-0.2, 0) is 27.1 Å². The first kappa shape index (κ1) is 47.5. The first-order valence-corrected chi connectivity index (χ1v) is 27.1. The molecule has 1 atom stereocenters. The van der Waals surface area contributed by atoms with Crippen molar-refractivity contribution in [2.24, 2.45) is 5.92 Å². The van der Waals surface area contributed by atoms with Gasteiger partial charge in [0.2, 0.25) is 17.8 Å². The first-order valence-electron chi connectivity index (χ1n) is 23.7. The van der Waals surface area contributed by atoms with Crippen LogP contribution < -0.4 is 46.4 Å². The lowest BCUT2D eigenvalue weighted by molar-refractivity contribution is -0.136. The highest BCUT2D eigenvalue weighted by molar-refractivity contribution is 9.10. The van der Waals surface area contributed by atoms with Crippen molar-refractivity contribution in [1.29, 1.82) is 0 Å². The molecule has 3 fully saturated rings. The number of hydrogen-bond donors (Lipinski definition) is 5. The third kappa shape index (κ3) is 10.1. The van der Waals surface area contributed by atoms with Gasteiger partial charge in [-0.05, 0) is 123 Å². The topological polar surface area (TPSA) is 186 Å². The Balaban J connectivity index is 0.730. The molecule has 0 saturated carbocycles. The van der Waals surface area contributed by atoms with Crippen LogP contribution >= 0.6 is 23.1 Å². The fourth-order valence-corrected chi connectivity index (χ4v) is 11.9. The number of rotatable bonds is 17. The Morgan fingerprint density at radius 3 is 2.47 bits per heavy atom. The minimum Gasteiger partial charge on any atom is -0.494 e. The average Bonchev–Trinajstić information content (AvgIpc) is 3.64. The molecule has 9 rings (SSSR count). The van der Waals surface area contributed by atoms with E-state index in [1.807, 2.05) is 43.3 Å². The summed E-state index contributed by atoms with van der Waals surface area (Å²) in [5.74, 6) is 1.43. The number of fused-ring (bicyclic) bond motifs is 2. The second-order valence-corrected chi connectivity index (χ2v) is 22.7. The molecule has 2 aromatic heterocycles. The molecule has 3 aromatic carbocycles. The Labute approximate surface area is 406 Å². The lowest BCUT2D eigenvalue weighted by Crippen LogP contribution is -2.52. The van der Waals surface area contributed by atoms with Gasteiger partial charge in [0.25, 0.3) is 5.91 Å². The van der Waals surface area contributed by atoms with Gasteiger partial charge >= 0.3 is 0 Å². The van der Waals surface area contributed by atoms with Gasteiger partial charge in [-0.15, -0.1) is 0 Å². The number of pyridine rings is 1. The van der Waals surface area contributed by atoms with Crippen LogP contribution in [0.25, 0.3) is 10.9 Å². The molecule has 0 radical (unpaired) electrons. The number of imide groups is 1. The molecule has 0 aliphatic carbocycles. The van der Waals surface area contributed by atoms with Gasteiger partial charge in [-0.25, -0.2) is 4.98 Å². The minimum atomic E-state index is -2.73. The summed E-state index contributed by atoms with van der Waals surface area (Å²) in [5, 5.41) is 18.2. The van der Waals surface area contributed by atoms with E-state index < -0.39 is 13.2 Å². The molecular formula is C50H61BrN11O5P. The van der Waals surface area contributed by atoms with Gasteiger partial charge in [0.1, 0.15) is 24.8 Å². The maximum atomic E-state index is 13.6. The van der Waals surface area contributed by atoms with E-state index in [1.165, 1.54) is 11.3 Å². The summed E-state index contributed by atoms with van der Waals surface area (Å²) >= 11 is 3.62. The van der Waals surface area contributed by atoms with Crippen LogP contribution in [0.15, 0.2) is 65.3 Å². The van der Waals surface area contributed by atoms with Gasteiger partial charge < -0.3 is 45.3 Å². The van der Waals surface area contributed by atoms with Crippen molar-refractivity contribution < 1.29 is 23.7 Å². The molecule has 4 aliphatic rings. The predicted octanol–water partition coefficient (Wildman–Crippen LogP) is 6.84. The number of carbonyl (C=O) groups excluding carboxylic acids is 3. The number of piperidine rings is 2. The van der Waals surface area contributed by atoms with Crippen LogP contribution in [0.4, 0.5) is 34.5 Å². The summed E-state index contributed by atoms with van der Waals surface area (Å²) in [6.07, 6.45) is 6.35. The highest BCUT2D eigenvalue weighted by Crippen LogP contribution is 2.43. The quantitative estimate of drug-likeness (QED) is 0.0371. The van der Waals surface area contributed by atoms with Gasteiger partial charge in [-0.2, -0.15) is 4.98 Å². The number of ether oxygens (including phenoxy) is 1. The maximum Gasteiger partial charge on any atom is 0.255 e. The van der Waals surface area contributed by atoms with Crippen molar-refractivity contribution in [2.45, 2.75) is 71.0 Å². The molecular weight excluding hydrogens is 945 g/mol. The van der Waals surface area contributed by atoms with Crippen molar-refractivity contribution in [1.82, 2.24) is 35.8 Å². The number of benzene rings is 3. The number of aryl methyl sites for hydroxylation is 2. The standard InChI is InChI=1S/C50H61BrN11O5P/c1-6-32-24-40(57-50-54-26-37(51)47(59-50)56-39-13-12-38-35(11-10-30(2)55-38)46(39)68(4,5)66)44(67-3)25-43(32)60-22-17-33(18-23-60)53-21-20-52-19-16-31-27-61(28-31)41-9-7-8-34-36(41)29-62(49(34)65)42-14-15-45(63)58-48(42)64/h7-13,24-26,31,33,42,52-53H,6,14-23,27-29H2,1-5H3,(H,58,63,64)(H2,54,56,57,59). The Hall–Kier alpha value is -5.61. The third-order valence-electron chi connectivity index (χ3n) is 13.7. The monoisotopic (exact) mass is 1010 g/mol. The third-order valence-corrected chi connectivity index (χ3v) is 15.8. The number of aromatic nitrogens is 3. The molecule has 5 N–H and O–H groups in total. The van der Waals surface area contributed by atoms with E-state index in [0.717, 1.165) is 110 Å². The Bertz CT molecular complexity index is 2790. The van der Waals surface area contributed by atoms with Crippen LogP contribution in [0.5, 0.6) is 5.75 Å². The van der Waals surface area contributed by atoms with Crippen molar-refractivity contribution in [3.05, 3.63) is 87.7 Å². The molecule has 16 nitrogen and oxygen atoms in total. The highest BCUT2D eigenvalue weighted by atomic mass is 79.9. The normalized spacial score (nSPS) is 17.9. The molecule has 5 aromatic rings. The summed E-state index contributed by atoms with van der Waals surface area (Å²) in [5.41, 5.74) is 8.30. The lowest BCUT2D eigenvalue weighted by Gasteiger charge is -2.42. The second kappa shape index (κ2) is 20.2. The van der Waals surface area contributed by atoms with E-state index >= 15 is 0 Å². The highest BCUT2D eigenvalue weighted by Gasteiger charge is 2.41. The Morgan fingerprint density at radius 1 is 0.912 bits per heavy atom. The van der Waals surface area contributed by atoms with Crippen LogP contribution in [0.2, 0.25) is 0 Å².